The molecule has 0 aromatic carbocycles. The Balaban J connectivity index is 3.20. The zero-order valence-corrected chi connectivity index (χ0v) is 5.81. The van der Waals surface area contributed by atoms with Gasteiger partial charge >= 0.3 is 5.69 Å². The van der Waals surface area contributed by atoms with Crippen LogP contribution < -0.4 is 5.73 Å². The second-order valence-electron chi connectivity index (χ2n) is 1.96. The molecule has 0 saturated carbocycles. The highest BCUT2D eigenvalue weighted by atomic mass is 16.6. The summed E-state index contributed by atoms with van der Waals surface area (Å²) in [6.07, 6.45) is 1.09. The van der Waals surface area contributed by atoms with Gasteiger partial charge in [-0.15, -0.1) is 0 Å². The van der Waals surface area contributed by atoms with Gasteiger partial charge in [0, 0.05) is 0 Å². The molecular formula is C5H6N4O2. The van der Waals surface area contributed by atoms with Gasteiger partial charge in [-0.1, -0.05) is 0 Å². The average molecular weight is 154 g/mol. The molecule has 2 N–H and O–H groups in total. The van der Waals surface area contributed by atoms with Crippen LogP contribution in [0.5, 0.6) is 0 Å². The Hall–Kier alpha value is -1.72. The van der Waals surface area contributed by atoms with E-state index in [2.05, 4.69) is 9.97 Å². The van der Waals surface area contributed by atoms with Crippen molar-refractivity contribution in [1.82, 2.24) is 9.97 Å². The van der Waals surface area contributed by atoms with Crippen molar-refractivity contribution in [1.29, 1.82) is 0 Å². The molecular weight excluding hydrogens is 148 g/mol. The number of hydrogen-bond acceptors (Lipinski definition) is 5. The van der Waals surface area contributed by atoms with E-state index in [1.807, 2.05) is 0 Å². The summed E-state index contributed by atoms with van der Waals surface area (Å²) in [6, 6.07) is 0. The van der Waals surface area contributed by atoms with E-state index >= 15 is 0 Å². The first-order chi connectivity index (χ1) is 5.11. The fourth-order valence-corrected chi connectivity index (χ4v) is 0.658. The van der Waals surface area contributed by atoms with Gasteiger partial charge in [-0.25, -0.2) is 9.97 Å². The van der Waals surface area contributed by atoms with Gasteiger partial charge in [-0.3, -0.25) is 10.1 Å². The molecule has 0 aliphatic heterocycles. The molecule has 0 atom stereocenters. The molecule has 1 heterocycles. The number of aryl methyl sites for hydroxylation is 1. The van der Waals surface area contributed by atoms with Crippen LogP contribution >= 0.6 is 0 Å². The summed E-state index contributed by atoms with van der Waals surface area (Å²) in [4.78, 5) is 16.8. The Kier molecular flexibility index (Phi) is 1.67. The molecule has 0 radical (unpaired) electrons. The molecule has 1 aromatic rings. The lowest BCUT2D eigenvalue weighted by Gasteiger charge is -1.94. The minimum atomic E-state index is -0.547. The van der Waals surface area contributed by atoms with Crippen molar-refractivity contribution in [2.45, 2.75) is 6.92 Å². The maximum Gasteiger partial charge on any atom is 0.308 e. The minimum Gasteiger partial charge on any atom is -0.368 e. The fourth-order valence-electron chi connectivity index (χ4n) is 0.658. The SMILES string of the molecule is Cc1nc(N)ncc1[N+](=O)[O-]. The number of anilines is 1. The number of hydrogen-bond donors (Lipinski definition) is 1. The van der Waals surface area contributed by atoms with Gasteiger partial charge in [0.05, 0.1) is 4.92 Å². The Morgan fingerprint density at radius 3 is 2.82 bits per heavy atom. The van der Waals surface area contributed by atoms with Crippen LogP contribution in [0.1, 0.15) is 5.69 Å². The molecule has 0 saturated heterocycles. The van der Waals surface area contributed by atoms with Crippen LogP contribution in [0.25, 0.3) is 0 Å². The zero-order valence-electron chi connectivity index (χ0n) is 5.81. The molecule has 6 heteroatoms. The summed E-state index contributed by atoms with van der Waals surface area (Å²) < 4.78 is 0. The highest BCUT2D eigenvalue weighted by molar-refractivity contribution is 5.34. The average Bonchev–Trinajstić information content (AvgIpc) is 1.85. The predicted octanol–water partition coefficient (Wildman–Crippen LogP) is 0.275. The van der Waals surface area contributed by atoms with E-state index in [-0.39, 0.29) is 17.3 Å². The number of nitrogen functional groups attached to an aromatic ring is 1. The summed E-state index contributed by atoms with van der Waals surface area (Å²) in [6.45, 7) is 1.51. The van der Waals surface area contributed by atoms with Crippen LogP contribution in [0, 0.1) is 17.0 Å². The van der Waals surface area contributed by atoms with Crippen LogP contribution in [0.3, 0.4) is 0 Å². The van der Waals surface area contributed by atoms with Gasteiger partial charge in [-0.05, 0) is 6.92 Å². The molecule has 11 heavy (non-hydrogen) atoms. The van der Waals surface area contributed by atoms with Crippen LogP contribution in [-0.2, 0) is 0 Å². The Labute approximate surface area is 62.2 Å². The van der Waals surface area contributed by atoms with Gasteiger partial charge < -0.3 is 5.73 Å². The topological polar surface area (TPSA) is 94.9 Å². The summed E-state index contributed by atoms with van der Waals surface area (Å²) in [5, 5.41) is 10.2. The first kappa shape index (κ1) is 7.39. The maximum absolute atomic E-state index is 10.2. The van der Waals surface area contributed by atoms with Gasteiger partial charge in [0.15, 0.2) is 0 Å². The number of rotatable bonds is 1. The fraction of sp³-hybridized carbons (Fsp3) is 0.200. The Morgan fingerprint density at radius 2 is 2.36 bits per heavy atom. The van der Waals surface area contributed by atoms with Crippen molar-refractivity contribution in [3.05, 3.63) is 22.0 Å². The smallest absolute Gasteiger partial charge is 0.308 e. The molecule has 0 unspecified atom stereocenters. The lowest BCUT2D eigenvalue weighted by Crippen LogP contribution is -2.00. The normalized spacial score (nSPS) is 9.55. The van der Waals surface area contributed by atoms with Crippen LogP contribution in [0.2, 0.25) is 0 Å². The summed E-state index contributed by atoms with van der Waals surface area (Å²) in [5.74, 6) is 0.0492. The van der Waals surface area contributed by atoms with Crippen LogP contribution in [0.4, 0.5) is 11.6 Å². The van der Waals surface area contributed by atoms with Gasteiger partial charge in [0.2, 0.25) is 5.95 Å². The molecule has 58 valence electrons. The molecule has 0 aliphatic carbocycles. The van der Waals surface area contributed by atoms with Crippen LogP contribution in [-0.4, -0.2) is 14.9 Å². The van der Waals surface area contributed by atoms with E-state index in [4.69, 9.17) is 5.73 Å². The largest absolute Gasteiger partial charge is 0.368 e. The van der Waals surface area contributed by atoms with Crippen molar-refractivity contribution >= 4 is 11.6 Å². The van der Waals surface area contributed by atoms with E-state index in [1.165, 1.54) is 6.92 Å². The van der Waals surface area contributed by atoms with Gasteiger partial charge in [-0.2, -0.15) is 0 Å². The van der Waals surface area contributed by atoms with Gasteiger partial charge in [0.1, 0.15) is 11.9 Å². The van der Waals surface area contributed by atoms with E-state index in [0.717, 1.165) is 6.20 Å². The van der Waals surface area contributed by atoms with E-state index < -0.39 is 4.92 Å². The molecule has 0 aliphatic rings. The van der Waals surface area contributed by atoms with Gasteiger partial charge in [0.25, 0.3) is 0 Å². The van der Waals surface area contributed by atoms with Crippen LogP contribution in [0.15, 0.2) is 6.20 Å². The number of nitro groups is 1. The molecule has 0 fully saturated rings. The summed E-state index contributed by atoms with van der Waals surface area (Å²) >= 11 is 0. The van der Waals surface area contributed by atoms with Crippen molar-refractivity contribution in [2.75, 3.05) is 5.73 Å². The zero-order chi connectivity index (χ0) is 8.43. The molecule has 1 aromatic heterocycles. The monoisotopic (exact) mass is 154 g/mol. The maximum atomic E-state index is 10.2. The quantitative estimate of drug-likeness (QED) is 0.462. The number of nitrogens with two attached hydrogens (primary N) is 1. The second-order valence-corrected chi connectivity index (χ2v) is 1.96. The number of aromatic nitrogens is 2. The molecule has 0 bridgehead atoms. The molecule has 0 amide bonds. The Morgan fingerprint density at radius 1 is 1.73 bits per heavy atom. The standard InChI is InChI=1S/C5H6N4O2/c1-3-4(9(10)11)2-7-5(6)8-3/h2H,1H3,(H2,6,7,8). The first-order valence-electron chi connectivity index (χ1n) is 2.85. The summed E-state index contributed by atoms with van der Waals surface area (Å²) in [7, 11) is 0. The highest BCUT2D eigenvalue weighted by Gasteiger charge is 2.11. The van der Waals surface area contributed by atoms with E-state index in [1.54, 1.807) is 0 Å². The molecule has 0 spiro atoms. The summed E-state index contributed by atoms with van der Waals surface area (Å²) in [5.41, 5.74) is 5.35. The van der Waals surface area contributed by atoms with E-state index in [9.17, 15) is 10.1 Å². The number of nitrogens with zero attached hydrogens (tertiary/aromatic N) is 3. The van der Waals surface area contributed by atoms with E-state index in [0.29, 0.717) is 0 Å². The first-order valence-corrected chi connectivity index (χ1v) is 2.85. The minimum absolute atomic E-state index is 0.0492. The molecule has 6 nitrogen and oxygen atoms in total. The molecule has 1 rings (SSSR count). The Bertz CT molecular complexity index is 299. The third-order valence-corrected chi connectivity index (χ3v) is 1.17. The third-order valence-electron chi connectivity index (χ3n) is 1.17. The van der Waals surface area contributed by atoms with Crippen molar-refractivity contribution in [3.63, 3.8) is 0 Å². The second kappa shape index (κ2) is 2.49. The lowest BCUT2D eigenvalue weighted by atomic mass is 10.4. The lowest BCUT2D eigenvalue weighted by molar-refractivity contribution is -0.386. The highest BCUT2D eigenvalue weighted by Crippen LogP contribution is 2.13. The third kappa shape index (κ3) is 1.40. The van der Waals surface area contributed by atoms with Crippen molar-refractivity contribution in [3.8, 4) is 0 Å². The van der Waals surface area contributed by atoms with Crippen molar-refractivity contribution in [2.24, 2.45) is 0 Å². The van der Waals surface area contributed by atoms with Crippen molar-refractivity contribution < 1.29 is 4.92 Å². The predicted molar refractivity (Wildman–Crippen MR) is 37.8 cm³/mol.